The van der Waals surface area contributed by atoms with Crippen LogP contribution in [0, 0.1) is 0 Å². The van der Waals surface area contributed by atoms with Crippen molar-refractivity contribution >= 4 is 0 Å². The predicted octanol–water partition coefficient (Wildman–Crippen LogP) is 2.81. The van der Waals surface area contributed by atoms with Crippen molar-refractivity contribution in [1.82, 2.24) is 25.2 Å². The van der Waals surface area contributed by atoms with E-state index in [-0.39, 0.29) is 6.10 Å². The predicted molar refractivity (Wildman–Crippen MR) is 87.9 cm³/mol. The Kier molecular flexibility index (Phi) is 4.80. The highest BCUT2D eigenvalue weighted by Crippen LogP contribution is 2.39. The average Bonchev–Trinajstić information content (AvgIpc) is 3.16. The highest BCUT2D eigenvalue weighted by atomic mass is 16.5. The summed E-state index contributed by atoms with van der Waals surface area (Å²) in [6.45, 7) is 7.08. The van der Waals surface area contributed by atoms with E-state index in [0.29, 0.717) is 36.7 Å². The van der Waals surface area contributed by atoms with Gasteiger partial charge in [-0.05, 0) is 46.1 Å². The molecule has 0 N–H and O–H groups in total. The third-order valence-electron chi connectivity index (χ3n) is 4.88. The molecular formula is C17H25N5O3. The minimum atomic E-state index is -0.142. The molecule has 1 aliphatic heterocycles. The van der Waals surface area contributed by atoms with E-state index >= 15 is 0 Å². The SMILES string of the molecule is CCO[C@H](C)c1noc(CN2CCC[C@H](c3noc(C4CC4)n3)C2)n1. The van der Waals surface area contributed by atoms with Gasteiger partial charge in [0.2, 0.25) is 11.8 Å². The molecule has 136 valence electrons. The zero-order valence-corrected chi connectivity index (χ0v) is 14.8. The van der Waals surface area contributed by atoms with E-state index < -0.39 is 0 Å². The molecule has 2 aliphatic rings. The Bertz CT molecular complexity index is 696. The maximum absolute atomic E-state index is 5.51. The summed E-state index contributed by atoms with van der Waals surface area (Å²) in [7, 11) is 0. The maximum Gasteiger partial charge on any atom is 0.240 e. The van der Waals surface area contributed by atoms with Crippen LogP contribution in [0.4, 0.5) is 0 Å². The van der Waals surface area contributed by atoms with Crippen molar-refractivity contribution in [3.8, 4) is 0 Å². The van der Waals surface area contributed by atoms with Gasteiger partial charge in [0.05, 0.1) is 6.54 Å². The van der Waals surface area contributed by atoms with Crippen molar-refractivity contribution in [1.29, 1.82) is 0 Å². The lowest BCUT2D eigenvalue weighted by atomic mass is 9.97. The quantitative estimate of drug-likeness (QED) is 0.755. The second-order valence-corrected chi connectivity index (χ2v) is 6.98. The van der Waals surface area contributed by atoms with Gasteiger partial charge in [0.15, 0.2) is 11.6 Å². The maximum atomic E-state index is 5.51. The topological polar surface area (TPSA) is 90.3 Å². The standard InChI is InChI=1S/C17H25N5O3/c1-3-23-11(2)15-18-14(24-20-15)10-22-8-4-5-13(9-22)16-19-17(25-21-16)12-6-7-12/h11-13H,3-10H2,1-2H3/t11-,13+/m1/s1. The molecule has 8 nitrogen and oxygen atoms in total. The van der Waals surface area contributed by atoms with Gasteiger partial charge in [-0.3, -0.25) is 4.90 Å². The van der Waals surface area contributed by atoms with Crippen LogP contribution in [-0.2, 0) is 11.3 Å². The molecule has 2 aromatic rings. The molecule has 1 aliphatic carbocycles. The van der Waals surface area contributed by atoms with Crippen LogP contribution < -0.4 is 0 Å². The first-order valence-electron chi connectivity index (χ1n) is 9.23. The average molecular weight is 347 g/mol. The van der Waals surface area contributed by atoms with Gasteiger partial charge < -0.3 is 13.8 Å². The summed E-state index contributed by atoms with van der Waals surface area (Å²) in [4.78, 5) is 11.4. The van der Waals surface area contributed by atoms with E-state index in [1.807, 2.05) is 13.8 Å². The first kappa shape index (κ1) is 16.7. The molecule has 0 bridgehead atoms. The second-order valence-electron chi connectivity index (χ2n) is 6.98. The van der Waals surface area contributed by atoms with Gasteiger partial charge in [0.25, 0.3) is 0 Å². The zero-order chi connectivity index (χ0) is 17.2. The van der Waals surface area contributed by atoms with E-state index in [2.05, 4.69) is 25.2 Å². The van der Waals surface area contributed by atoms with E-state index in [0.717, 1.165) is 37.6 Å². The van der Waals surface area contributed by atoms with Gasteiger partial charge in [-0.15, -0.1) is 0 Å². The lowest BCUT2D eigenvalue weighted by Crippen LogP contribution is -2.34. The summed E-state index contributed by atoms with van der Waals surface area (Å²) < 4.78 is 16.3. The smallest absolute Gasteiger partial charge is 0.240 e. The minimum Gasteiger partial charge on any atom is -0.371 e. The third-order valence-corrected chi connectivity index (χ3v) is 4.88. The molecule has 3 heterocycles. The zero-order valence-electron chi connectivity index (χ0n) is 14.8. The number of aromatic nitrogens is 4. The van der Waals surface area contributed by atoms with Crippen molar-refractivity contribution in [2.24, 2.45) is 0 Å². The summed E-state index contributed by atoms with van der Waals surface area (Å²) in [5.41, 5.74) is 0. The number of hydrogen-bond acceptors (Lipinski definition) is 8. The number of hydrogen-bond donors (Lipinski definition) is 0. The van der Waals surface area contributed by atoms with Crippen LogP contribution >= 0.6 is 0 Å². The lowest BCUT2D eigenvalue weighted by molar-refractivity contribution is 0.0683. The largest absolute Gasteiger partial charge is 0.371 e. The summed E-state index contributed by atoms with van der Waals surface area (Å²) in [5, 5.41) is 8.24. The van der Waals surface area contributed by atoms with Gasteiger partial charge in [-0.2, -0.15) is 9.97 Å². The van der Waals surface area contributed by atoms with Crippen LogP contribution in [0.15, 0.2) is 9.05 Å². The molecule has 0 amide bonds. The monoisotopic (exact) mass is 347 g/mol. The first-order chi connectivity index (χ1) is 12.2. The summed E-state index contributed by atoms with van der Waals surface area (Å²) in [6.07, 6.45) is 4.41. The van der Waals surface area contributed by atoms with Crippen LogP contribution in [0.1, 0.15) is 80.9 Å². The minimum absolute atomic E-state index is 0.142. The number of nitrogens with zero attached hydrogens (tertiary/aromatic N) is 5. The molecule has 0 unspecified atom stereocenters. The molecule has 2 fully saturated rings. The molecule has 2 atom stereocenters. The van der Waals surface area contributed by atoms with Gasteiger partial charge >= 0.3 is 0 Å². The Morgan fingerprint density at radius 2 is 2.04 bits per heavy atom. The van der Waals surface area contributed by atoms with Crippen molar-refractivity contribution in [3.05, 3.63) is 23.4 Å². The van der Waals surface area contributed by atoms with Crippen LogP contribution in [0.25, 0.3) is 0 Å². The molecule has 1 saturated carbocycles. The highest BCUT2D eigenvalue weighted by molar-refractivity contribution is 5.05. The van der Waals surface area contributed by atoms with E-state index in [9.17, 15) is 0 Å². The van der Waals surface area contributed by atoms with Gasteiger partial charge in [0, 0.05) is 25.0 Å². The fraction of sp³-hybridized carbons (Fsp3) is 0.765. The van der Waals surface area contributed by atoms with Crippen molar-refractivity contribution in [2.45, 2.75) is 64.0 Å². The fourth-order valence-electron chi connectivity index (χ4n) is 3.33. The Labute approximate surface area is 146 Å². The molecular weight excluding hydrogens is 322 g/mol. The second kappa shape index (κ2) is 7.21. The van der Waals surface area contributed by atoms with Crippen LogP contribution in [0.2, 0.25) is 0 Å². The molecule has 0 aromatic carbocycles. The van der Waals surface area contributed by atoms with Gasteiger partial charge in [0.1, 0.15) is 6.10 Å². The Balaban J connectivity index is 1.36. The number of ether oxygens (including phenoxy) is 1. The van der Waals surface area contributed by atoms with Gasteiger partial charge in [-0.25, -0.2) is 0 Å². The summed E-state index contributed by atoms with van der Waals surface area (Å²) in [6, 6.07) is 0. The summed E-state index contributed by atoms with van der Waals surface area (Å²) in [5.74, 6) is 3.73. The molecule has 4 rings (SSSR count). The van der Waals surface area contributed by atoms with Crippen LogP contribution in [0.5, 0.6) is 0 Å². The Hall–Kier alpha value is -1.80. The Morgan fingerprint density at radius 1 is 1.16 bits per heavy atom. The highest BCUT2D eigenvalue weighted by Gasteiger charge is 2.32. The van der Waals surface area contributed by atoms with Crippen molar-refractivity contribution in [2.75, 3.05) is 19.7 Å². The van der Waals surface area contributed by atoms with Crippen molar-refractivity contribution < 1.29 is 13.8 Å². The Morgan fingerprint density at radius 3 is 2.84 bits per heavy atom. The number of likely N-dealkylation sites (tertiary alicyclic amines) is 1. The van der Waals surface area contributed by atoms with Crippen LogP contribution in [0.3, 0.4) is 0 Å². The molecule has 1 saturated heterocycles. The molecule has 0 radical (unpaired) electrons. The molecule has 2 aromatic heterocycles. The number of piperidine rings is 1. The first-order valence-corrected chi connectivity index (χ1v) is 9.23. The van der Waals surface area contributed by atoms with Gasteiger partial charge in [-0.1, -0.05) is 10.3 Å². The fourth-order valence-corrected chi connectivity index (χ4v) is 3.33. The van der Waals surface area contributed by atoms with E-state index in [1.54, 1.807) is 0 Å². The molecule has 8 heteroatoms. The van der Waals surface area contributed by atoms with E-state index in [1.165, 1.54) is 12.8 Å². The third kappa shape index (κ3) is 3.90. The normalized spacial score (nSPS) is 23.0. The number of rotatable bonds is 7. The lowest BCUT2D eigenvalue weighted by Gasteiger charge is -2.29. The summed E-state index contributed by atoms with van der Waals surface area (Å²) >= 11 is 0. The van der Waals surface area contributed by atoms with E-state index in [4.69, 9.17) is 13.8 Å². The van der Waals surface area contributed by atoms with Crippen molar-refractivity contribution in [3.63, 3.8) is 0 Å². The molecule has 0 spiro atoms. The molecule has 25 heavy (non-hydrogen) atoms. The van der Waals surface area contributed by atoms with Crippen LogP contribution in [-0.4, -0.2) is 44.9 Å².